The number of H-pyrrole nitrogens is 1. The molecule has 4 N–H and O–H groups in total. The summed E-state index contributed by atoms with van der Waals surface area (Å²) in [7, 11) is 0. The van der Waals surface area contributed by atoms with Gasteiger partial charge in [0.05, 0.1) is 22.6 Å². The van der Waals surface area contributed by atoms with E-state index in [1.54, 1.807) is 6.20 Å². The van der Waals surface area contributed by atoms with Crippen LogP contribution < -0.4 is 4.90 Å². The number of nitrogens with one attached hydrogen (secondary N) is 1. The molecule has 0 radical (unpaired) electrons. The first-order valence-corrected chi connectivity index (χ1v) is 9.69. The van der Waals surface area contributed by atoms with Crippen LogP contribution in [0.3, 0.4) is 0 Å². The van der Waals surface area contributed by atoms with Gasteiger partial charge in [0, 0.05) is 44.4 Å². The number of rotatable bonds is 8. The molecule has 1 saturated heterocycles. The molecule has 0 spiro atoms. The molecule has 1 fully saturated rings. The predicted molar refractivity (Wildman–Crippen MR) is 113 cm³/mol. The monoisotopic (exact) mass is 434 g/mol. The third-order valence-corrected chi connectivity index (χ3v) is 5.11. The van der Waals surface area contributed by atoms with Crippen LogP contribution >= 0.6 is 11.6 Å². The summed E-state index contributed by atoms with van der Waals surface area (Å²) in [5, 5.41) is 36.0. The third kappa shape index (κ3) is 4.87. The SMILES string of the molecule is C=C/C=C(\OCCN1CCN(c2cn[nH]c2-c2cc(Cl)c(O)cc2O)CC1)C(=O)O. The topological polar surface area (TPSA) is 122 Å². The second kappa shape index (κ2) is 9.55. The van der Waals surface area contributed by atoms with Crippen molar-refractivity contribution in [1.29, 1.82) is 0 Å². The zero-order valence-electron chi connectivity index (χ0n) is 16.2. The standard InChI is InChI=1S/C20H23ClN4O5/c1-2-3-18(20(28)29)30-9-8-24-4-6-25(7-5-24)15-12-22-23-19(15)13-10-14(21)17(27)11-16(13)26/h2-3,10-12,26-27H,1,4-9H2,(H,22,23)(H,28,29)/b18-3-. The molecule has 0 bridgehead atoms. The van der Waals surface area contributed by atoms with Crippen molar-refractivity contribution >= 4 is 23.3 Å². The third-order valence-electron chi connectivity index (χ3n) is 4.81. The van der Waals surface area contributed by atoms with Gasteiger partial charge < -0.3 is 25.0 Å². The van der Waals surface area contributed by atoms with Gasteiger partial charge in [-0.15, -0.1) is 0 Å². The average molecular weight is 435 g/mol. The van der Waals surface area contributed by atoms with E-state index in [-0.39, 0.29) is 28.9 Å². The van der Waals surface area contributed by atoms with E-state index in [0.717, 1.165) is 18.8 Å². The number of phenols is 2. The van der Waals surface area contributed by atoms with E-state index >= 15 is 0 Å². The van der Waals surface area contributed by atoms with Gasteiger partial charge in [-0.3, -0.25) is 10.00 Å². The van der Waals surface area contributed by atoms with Crippen LogP contribution in [-0.2, 0) is 9.53 Å². The smallest absolute Gasteiger partial charge is 0.371 e. The Kier molecular flexibility index (Phi) is 6.86. The Morgan fingerprint density at radius 1 is 1.27 bits per heavy atom. The Hall–Kier alpha value is -3.17. The minimum absolute atomic E-state index is 0.0972. The fourth-order valence-corrected chi connectivity index (χ4v) is 3.42. The van der Waals surface area contributed by atoms with Gasteiger partial charge in [-0.25, -0.2) is 4.79 Å². The van der Waals surface area contributed by atoms with E-state index in [1.165, 1.54) is 24.3 Å². The highest BCUT2D eigenvalue weighted by Crippen LogP contribution is 2.40. The molecular formula is C20H23ClN4O5. The molecule has 1 aliphatic heterocycles. The zero-order valence-corrected chi connectivity index (χ0v) is 17.0. The molecule has 0 unspecified atom stereocenters. The first kappa shape index (κ1) is 21.5. The van der Waals surface area contributed by atoms with Crippen molar-refractivity contribution in [2.45, 2.75) is 0 Å². The second-order valence-electron chi connectivity index (χ2n) is 6.70. The Morgan fingerprint density at radius 2 is 2.00 bits per heavy atom. The summed E-state index contributed by atoms with van der Waals surface area (Å²) in [6.07, 6.45) is 4.39. The van der Waals surface area contributed by atoms with Gasteiger partial charge in [-0.2, -0.15) is 5.10 Å². The molecule has 1 aromatic heterocycles. The number of carbonyl (C=O) groups is 1. The number of benzene rings is 1. The first-order valence-electron chi connectivity index (χ1n) is 9.32. The molecule has 2 aromatic rings. The van der Waals surface area contributed by atoms with Gasteiger partial charge in [0.15, 0.2) is 0 Å². The van der Waals surface area contributed by atoms with Crippen LogP contribution in [0.5, 0.6) is 11.5 Å². The summed E-state index contributed by atoms with van der Waals surface area (Å²) in [5.41, 5.74) is 1.90. The summed E-state index contributed by atoms with van der Waals surface area (Å²) >= 11 is 6.00. The van der Waals surface area contributed by atoms with Crippen molar-refractivity contribution in [2.75, 3.05) is 44.2 Å². The summed E-state index contributed by atoms with van der Waals surface area (Å²) in [5.74, 6) is -1.53. The molecule has 0 aliphatic carbocycles. The van der Waals surface area contributed by atoms with Crippen molar-refractivity contribution in [3.8, 4) is 22.8 Å². The van der Waals surface area contributed by atoms with Gasteiger partial charge in [-0.1, -0.05) is 24.3 Å². The van der Waals surface area contributed by atoms with E-state index in [0.29, 0.717) is 30.9 Å². The molecule has 3 rings (SSSR count). The number of anilines is 1. The number of carboxylic acid groups (broad SMARTS) is 1. The van der Waals surface area contributed by atoms with Crippen molar-refractivity contribution in [3.63, 3.8) is 0 Å². The minimum Gasteiger partial charge on any atom is -0.507 e. The van der Waals surface area contributed by atoms with Crippen LogP contribution in [0.15, 0.2) is 42.8 Å². The Labute approximate surface area is 178 Å². The van der Waals surface area contributed by atoms with Crippen LogP contribution in [0.4, 0.5) is 5.69 Å². The van der Waals surface area contributed by atoms with Crippen molar-refractivity contribution in [1.82, 2.24) is 15.1 Å². The normalized spacial score (nSPS) is 15.2. The number of aromatic nitrogens is 2. The minimum atomic E-state index is -1.12. The Balaban J connectivity index is 1.60. The summed E-state index contributed by atoms with van der Waals surface area (Å²) < 4.78 is 5.32. The quantitative estimate of drug-likeness (QED) is 0.284. The van der Waals surface area contributed by atoms with E-state index in [4.69, 9.17) is 21.4 Å². The number of halogens is 1. The number of piperazine rings is 1. The van der Waals surface area contributed by atoms with E-state index < -0.39 is 5.97 Å². The number of aromatic amines is 1. The van der Waals surface area contributed by atoms with E-state index in [9.17, 15) is 15.0 Å². The lowest BCUT2D eigenvalue weighted by atomic mass is 10.1. The maximum Gasteiger partial charge on any atom is 0.371 e. The molecule has 0 amide bonds. The highest BCUT2D eigenvalue weighted by molar-refractivity contribution is 6.32. The molecule has 10 heteroatoms. The molecule has 2 heterocycles. The lowest BCUT2D eigenvalue weighted by Crippen LogP contribution is -2.47. The Bertz CT molecular complexity index is 951. The van der Waals surface area contributed by atoms with Crippen molar-refractivity contribution < 1.29 is 24.9 Å². The van der Waals surface area contributed by atoms with Crippen LogP contribution in [0, 0.1) is 0 Å². The van der Waals surface area contributed by atoms with Crippen LogP contribution in [-0.4, -0.2) is 75.7 Å². The molecule has 0 saturated carbocycles. The van der Waals surface area contributed by atoms with Crippen LogP contribution in [0.25, 0.3) is 11.3 Å². The van der Waals surface area contributed by atoms with Gasteiger partial charge in [-0.05, 0) is 12.1 Å². The maximum absolute atomic E-state index is 11.0. The molecule has 9 nitrogen and oxygen atoms in total. The largest absolute Gasteiger partial charge is 0.507 e. The van der Waals surface area contributed by atoms with Gasteiger partial charge in [0.2, 0.25) is 5.76 Å². The number of hydrogen-bond acceptors (Lipinski definition) is 7. The summed E-state index contributed by atoms with van der Waals surface area (Å²) in [6, 6.07) is 2.69. The molecule has 1 aliphatic rings. The highest BCUT2D eigenvalue weighted by Gasteiger charge is 2.23. The highest BCUT2D eigenvalue weighted by atomic mass is 35.5. The molecular weight excluding hydrogens is 412 g/mol. The van der Waals surface area contributed by atoms with Crippen LogP contribution in [0.2, 0.25) is 5.02 Å². The number of allylic oxidation sites excluding steroid dienone is 2. The number of hydrogen-bond donors (Lipinski definition) is 4. The van der Waals surface area contributed by atoms with Crippen LogP contribution in [0.1, 0.15) is 0 Å². The summed E-state index contributed by atoms with van der Waals surface area (Å²) in [6.45, 7) is 7.28. The maximum atomic E-state index is 11.0. The number of carboxylic acids is 1. The van der Waals surface area contributed by atoms with Crippen molar-refractivity contribution in [2.24, 2.45) is 0 Å². The predicted octanol–water partition coefficient (Wildman–Crippen LogP) is 2.43. The molecule has 0 atom stereocenters. The van der Waals surface area contributed by atoms with Gasteiger partial charge in [0.1, 0.15) is 18.1 Å². The van der Waals surface area contributed by atoms with Gasteiger partial charge >= 0.3 is 5.97 Å². The Morgan fingerprint density at radius 3 is 2.67 bits per heavy atom. The lowest BCUT2D eigenvalue weighted by Gasteiger charge is -2.35. The van der Waals surface area contributed by atoms with E-state index in [2.05, 4.69) is 26.6 Å². The lowest BCUT2D eigenvalue weighted by molar-refractivity contribution is -0.136. The number of ether oxygens (including phenoxy) is 1. The van der Waals surface area contributed by atoms with E-state index in [1.807, 2.05) is 0 Å². The number of aromatic hydroxyl groups is 2. The van der Waals surface area contributed by atoms with Gasteiger partial charge in [0.25, 0.3) is 0 Å². The van der Waals surface area contributed by atoms with Crippen molar-refractivity contribution in [3.05, 3.63) is 47.8 Å². The molecule has 30 heavy (non-hydrogen) atoms. The summed E-state index contributed by atoms with van der Waals surface area (Å²) in [4.78, 5) is 15.4. The first-order chi connectivity index (χ1) is 14.4. The average Bonchev–Trinajstić information content (AvgIpc) is 3.20. The zero-order chi connectivity index (χ0) is 21.7. The molecule has 1 aromatic carbocycles. The molecule has 160 valence electrons. The fraction of sp³-hybridized carbons (Fsp3) is 0.300. The number of nitrogens with zero attached hydrogens (tertiary/aromatic N) is 3. The second-order valence-corrected chi connectivity index (χ2v) is 7.11. The fourth-order valence-electron chi connectivity index (χ4n) is 3.25. The number of aliphatic carboxylic acids is 1. The number of phenolic OH excluding ortho intramolecular Hbond substituents is 2.